The summed E-state index contributed by atoms with van der Waals surface area (Å²) in [6, 6.07) is 3.34. The molecule has 0 aliphatic rings. The summed E-state index contributed by atoms with van der Waals surface area (Å²) < 4.78 is 5.26. The minimum atomic E-state index is -0.559. The Morgan fingerprint density at radius 1 is 1.41 bits per heavy atom. The molecule has 0 aliphatic carbocycles. The molecule has 9 heteroatoms. The number of ether oxygens (including phenoxy) is 1. The highest BCUT2D eigenvalue weighted by Gasteiger charge is 2.19. The number of nitrogens with zero attached hydrogens (tertiary/aromatic N) is 1. The zero-order chi connectivity index (χ0) is 16.3. The molecule has 0 aliphatic heterocycles. The first-order valence-electron chi connectivity index (χ1n) is 5.88. The van der Waals surface area contributed by atoms with Crippen LogP contribution in [0.5, 0.6) is 0 Å². The fourth-order valence-corrected chi connectivity index (χ4v) is 3.17. The maximum Gasteiger partial charge on any atom is 0.351 e. The third-order valence-corrected chi connectivity index (χ3v) is 5.15. The van der Waals surface area contributed by atoms with Crippen molar-refractivity contribution >= 4 is 68.2 Å². The maximum absolute atomic E-state index is 12.1. The normalized spacial score (nSPS) is 10.4. The van der Waals surface area contributed by atoms with Crippen molar-refractivity contribution in [3.8, 4) is 0 Å². The number of esters is 1. The van der Waals surface area contributed by atoms with Crippen LogP contribution in [-0.2, 0) is 16.0 Å². The Hall–Kier alpha value is -1.15. The molecule has 0 saturated carbocycles. The van der Waals surface area contributed by atoms with Gasteiger partial charge >= 0.3 is 5.97 Å². The number of amides is 1. The molecular formula is C13H9BrCl2N2O3S. The Balaban J connectivity index is 2.17. The van der Waals surface area contributed by atoms with Crippen molar-refractivity contribution in [2.75, 3.05) is 12.4 Å². The first kappa shape index (κ1) is 17.2. The van der Waals surface area contributed by atoms with E-state index >= 15 is 0 Å². The summed E-state index contributed by atoms with van der Waals surface area (Å²) in [5.74, 6) is -0.793. The minimum Gasteiger partial charge on any atom is -0.465 e. The molecule has 1 amide bonds. The predicted molar refractivity (Wildman–Crippen MR) is 89.9 cm³/mol. The van der Waals surface area contributed by atoms with E-state index in [1.807, 2.05) is 0 Å². The van der Waals surface area contributed by atoms with Crippen LogP contribution in [0.3, 0.4) is 0 Å². The number of hydrogen-bond donors (Lipinski definition) is 1. The third kappa shape index (κ3) is 3.78. The van der Waals surface area contributed by atoms with Gasteiger partial charge in [0.25, 0.3) is 0 Å². The number of carbonyl (C=O) groups excluding carboxylic acids is 2. The van der Waals surface area contributed by atoms with Gasteiger partial charge in [-0.05, 0) is 33.6 Å². The summed E-state index contributed by atoms with van der Waals surface area (Å²) in [5.41, 5.74) is 1.94. The van der Waals surface area contributed by atoms with Gasteiger partial charge in [0, 0.05) is 9.50 Å². The van der Waals surface area contributed by atoms with Gasteiger partial charge in [0.15, 0.2) is 10.7 Å². The Kier molecular flexibility index (Phi) is 5.80. The molecule has 2 aromatic rings. The van der Waals surface area contributed by atoms with Crippen molar-refractivity contribution in [3.63, 3.8) is 0 Å². The largest absolute Gasteiger partial charge is 0.465 e. The minimum absolute atomic E-state index is 0.0464. The van der Waals surface area contributed by atoms with Crippen molar-refractivity contribution in [3.05, 3.63) is 42.6 Å². The van der Waals surface area contributed by atoms with E-state index in [9.17, 15) is 9.59 Å². The number of aromatic nitrogens is 1. The van der Waals surface area contributed by atoms with E-state index in [1.165, 1.54) is 12.6 Å². The van der Waals surface area contributed by atoms with Gasteiger partial charge in [-0.2, -0.15) is 0 Å². The molecule has 5 nitrogen and oxygen atoms in total. The van der Waals surface area contributed by atoms with E-state index in [4.69, 9.17) is 23.2 Å². The van der Waals surface area contributed by atoms with E-state index in [1.54, 1.807) is 12.1 Å². The lowest BCUT2D eigenvalue weighted by atomic mass is 10.1. The van der Waals surface area contributed by atoms with E-state index < -0.39 is 11.9 Å². The summed E-state index contributed by atoms with van der Waals surface area (Å²) in [5, 5.41) is 3.31. The Morgan fingerprint density at radius 3 is 2.82 bits per heavy atom. The molecule has 1 heterocycles. The average Bonchev–Trinajstić information content (AvgIpc) is 2.95. The summed E-state index contributed by atoms with van der Waals surface area (Å²) in [7, 11) is 1.26. The van der Waals surface area contributed by atoms with Crippen LogP contribution in [0.15, 0.2) is 22.1 Å². The quantitative estimate of drug-likeness (QED) is 0.591. The van der Waals surface area contributed by atoms with Gasteiger partial charge in [0.1, 0.15) is 0 Å². The van der Waals surface area contributed by atoms with Crippen molar-refractivity contribution in [2.45, 2.75) is 6.42 Å². The Morgan fingerprint density at radius 2 is 2.14 bits per heavy atom. The number of hydrogen-bond acceptors (Lipinski definition) is 5. The topological polar surface area (TPSA) is 68.3 Å². The molecule has 0 fully saturated rings. The first-order valence-corrected chi connectivity index (χ1v) is 8.31. The molecule has 2 rings (SSSR count). The van der Waals surface area contributed by atoms with Crippen LogP contribution in [-0.4, -0.2) is 24.0 Å². The monoisotopic (exact) mass is 422 g/mol. The smallest absolute Gasteiger partial charge is 0.351 e. The molecule has 0 bridgehead atoms. The number of halogens is 3. The van der Waals surface area contributed by atoms with Gasteiger partial charge in [-0.1, -0.05) is 23.2 Å². The Bertz CT molecular complexity index is 736. The molecule has 116 valence electrons. The van der Waals surface area contributed by atoms with E-state index in [-0.39, 0.29) is 17.1 Å². The van der Waals surface area contributed by atoms with Crippen molar-refractivity contribution in [2.24, 2.45) is 0 Å². The van der Waals surface area contributed by atoms with Crippen LogP contribution in [0, 0.1) is 0 Å². The number of nitrogens with one attached hydrogen (secondary N) is 1. The summed E-state index contributed by atoms with van der Waals surface area (Å²) in [4.78, 5) is 27.8. The Labute approximate surface area is 148 Å². The number of thiazole rings is 1. The fourth-order valence-electron chi connectivity index (χ4n) is 1.64. The maximum atomic E-state index is 12.1. The lowest BCUT2D eigenvalue weighted by molar-refractivity contribution is -0.115. The lowest BCUT2D eigenvalue weighted by Crippen LogP contribution is -2.17. The van der Waals surface area contributed by atoms with Gasteiger partial charge in [-0.25, -0.2) is 9.78 Å². The van der Waals surface area contributed by atoms with E-state index in [0.717, 1.165) is 11.3 Å². The summed E-state index contributed by atoms with van der Waals surface area (Å²) in [6.07, 6.45) is -0.0464. The van der Waals surface area contributed by atoms with Gasteiger partial charge in [0.2, 0.25) is 5.91 Å². The fraction of sp³-hybridized carbons (Fsp3) is 0.154. The second-order valence-electron chi connectivity index (χ2n) is 4.07. The SMILES string of the molecule is COC(=O)c1scnc1NC(=O)Cc1c(Cl)ccc(Br)c1Cl. The van der Waals surface area contributed by atoms with Crippen LogP contribution >= 0.6 is 50.5 Å². The summed E-state index contributed by atoms with van der Waals surface area (Å²) >= 11 is 16.5. The zero-order valence-corrected chi connectivity index (χ0v) is 15.1. The predicted octanol–water partition coefficient (Wildman–Crippen LogP) is 4.18. The van der Waals surface area contributed by atoms with Crippen LogP contribution in [0.4, 0.5) is 5.82 Å². The van der Waals surface area contributed by atoms with Gasteiger partial charge < -0.3 is 10.1 Å². The molecule has 1 aromatic heterocycles. The standard InChI is InChI=1S/C13H9BrCl2N2O3S/c1-21-13(20)11-12(17-5-22-11)18-9(19)4-6-8(15)3-2-7(14)10(6)16/h2-3,5H,4H2,1H3,(H,18,19). The highest BCUT2D eigenvalue weighted by atomic mass is 79.9. The highest BCUT2D eigenvalue weighted by molar-refractivity contribution is 9.10. The lowest BCUT2D eigenvalue weighted by Gasteiger charge is -2.09. The van der Waals surface area contributed by atoms with Gasteiger partial charge in [-0.3, -0.25) is 4.79 Å². The zero-order valence-electron chi connectivity index (χ0n) is 11.2. The molecule has 0 atom stereocenters. The second kappa shape index (κ2) is 7.41. The molecule has 0 unspecified atom stereocenters. The van der Waals surface area contributed by atoms with Crippen LogP contribution in [0.25, 0.3) is 0 Å². The summed E-state index contributed by atoms with van der Waals surface area (Å²) in [6.45, 7) is 0. The van der Waals surface area contributed by atoms with Crippen LogP contribution in [0.1, 0.15) is 15.2 Å². The number of anilines is 1. The van der Waals surface area contributed by atoms with Crippen molar-refractivity contribution in [1.82, 2.24) is 4.98 Å². The number of benzene rings is 1. The molecule has 0 spiro atoms. The number of methoxy groups -OCH3 is 1. The third-order valence-electron chi connectivity index (χ3n) is 2.67. The number of rotatable bonds is 4. The van der Waals surface area contributed by atoms with Crippen molar-refractivity contribution < 1.29 is 14.3 Å². The van der Waals surface area contributed by atoms with Crippen LogP contribution in [0.2, 0.25) is 10.0 Å². The molecule has 1 aromatic carbocycles. The molecule has 22 heavy (non-hydrogen) atoms. The van der Waals surface area contributed by atoms with E-state index in [2.05, 4.69) is 31.0 Å². The molecule has 0 saturated heterocycles. The van der Waals surface area contributed by atoms with Crippen LogP contribution < -0.4 is 5.32 Å². The first-order chi connectivity index (χ1) is 10.4. The average molecular weight is 424 g/mol. The van der Waals surface area contributed by atoms with Gasteiger partial charge in [-0.15, -0.1) is 11.3 Å². The highest BCUT2D eigenvalue weighted by Crippen LogP contribution is 2.32. The molecule has 1 N–H and O–H groups in total. The van der Waals surface area contributed by atoms with Crippen molar-refractivity contribution in [1.29, 1.82) is 0 Å². The number of carbonyl (C=O) groups is 2. The van der Waals surface area contributed by atoms with E-state index in [0.29, 0.717) is 20.1 Å². The molecule has 0 radical (unpaired) electrons. The van der Waals surface area contributed by atoms with Gasteiger partial charge in [0.05, 0.1) is 24.1 Å². The molecular weight excluding hydrogens is 415 g/mol. The second-order valence-corrected chi connectivity index (χ2v) is 6.56.